The maximum absolute atomic E-state index is 12.3. The molecule has 0 aliphatic rings. The molecule has 0 aromatic rings. The maximum atomic E-state index is 12.3. The van der Waals surface area contributed by atoms with Crippen LogP contribution in [-0.2, 0) is 4.79 Å². The summed E-state index contributed by atoms with van der Waals surface area (Å²) in [7, 11) is 0. The van der Waals surface area contributed by atoms with Gasteiger partial charge >= 0.3 is 0 Å². The lowest BCUT2D eigenvalue weighted by Crippen LogP contribution is -2.45. The van der Waals surface area contributed by atoms with Crippen LogP contribution in [0.1, 0.15) is 219 Å². The quantitative estimate of drug-likeness (QED) is 0.0442. The van der Waals surface area contributed by atoms with Crippen LogP contribution in [0.15, 0.2) is 48.6 Å². The number of unbranched alkanes of at least 4 members (excludes halogenated alkanes) is 26. The van der Waals surface area contributed by atoms with Crippen LogP contribution in [0.3, 0.4) is 0 Å². The van der Waals surface area contributed by atoms with Crippen molar-refractivity contribution in [3.8, 4) is 0 Å². The molecule has 2 atom stereocenters. The third-order valence-corrected chi connectivity index (χ3v) is 9.78. The molecule has 0 aliphatic heterocycles. The molecule has 0 aromatic heterocycles. The molecule has 292 valence electrons. The Morgan fingerprint density at radius 1 is 0.480 bits per heavy atom. The van der Waals surface area contributed by atoms with Gasteiger partial charge in [-0.1, -0.05) is 197 Å². The predicted octanol–water partition coefficient (Wildman–Crippen LogP) is 13.6. The van der Waals surface area contributed by atoms with Gasteiger partial charge < -0.3 is 15.5 Å². The molecule has 0 rings (SSSR count). The van der Waals surface area contributed by atoms with Gasteiger partial charge in [0.25, 0.3) is 0 Å². The highest BCUT2D eigenvalue weighted by atomic mass is 16.3. The fourth-order valence-electron chi connectivity index (χ4n) is 6.40. The van der Waals surface area contributed by atoms with Crippen molar-refractivity contribution >= 4 is 5.91 Å². The molecule has 0 fully saturated rings. The first-order chi connectivity index (χ1) is 24.7. The second kappa shape index (κ2) is 41.8. The van der Waals surface area contributed by atoms with E-state index in [4.69, 9.17) is 0 Å². The Kier molecular flexibility index (Phi) is 40.4. The molecule has 0 aliphatic carbocycles. The van der Waals surface area contributed by atoms with Crippen molar-refractivity contribution in [2.24, 2.45) is 0 Å². The van der Waals surface area contributed by atoms with Crippen molar-refractivity contribution in [1.82, 2.24) is 5.32 Å². The van der Waals surface area contributed by atoms with E-state index in [0.717, 1.165) is 51.4 Å². The van der Waals surface area contributed by atoms with Crippen molar-refractivity contribution in [1.29, 1.82) is 0 Å². The molecule has 0 aromatic carbocycles. The van der Waals surface area contributed by atoms with Gasteiger partial charge in [-0.05, 0) is 64.2 Å². The average molecular weight is 700 g/mol. The van der Waals surface area contributed by atoms with Crippen LogP contribution < -0.4 is 5.32 Å². The summed E-state index contributed by atoms with van der Waals surface area (Å²) in [6, 6.07) is -0.646. The summed E-state index contributed by atoms with van der Waals surface area (Å²) in [5.74, 6) is -0.0885. The Bertz CT molecular complexity index is 801. The second-order valence-electron chi connectivity index (χ2n) is 14.8. The topological polar surface area (TPSA) is 69.6 Å². The molecular weight excluding hydrogens is 615 g/mol. The number of carbonyl (C=O) groups is 1. The van der Waals surface area contributed by atoms with Gasteiger partial charge in [0.15, 0.2) is 0 Å². The molecule has 3 N–H and O–H groups in total. The van der Waals surface area contributed by atoms with E-state index >= 15 is 0 Å². The predicted molar refractivity (Wildman–Crippen MR) is 221 cm³/mol. The van der Waals surface area contributed by atoms with Crippen LogP contribution >= 0.6 is 0 Å². The normalized spacial score (nSPS) is 13.4. The average Bonchev–Trinajstić information content (AvgIpc) is 3.12. The lowest BCUT2D eigenvalue weighted by atomic mass is 10.0. The van der Waals surface area contributed by atoms with Gasteiger partial charge in [-0.25, -0.2) is 0 Å². The molecule has 0 bridgehead atoms. The van der Waals surface area contributed by atoms with Crippen molar-refractivity contribution < 1.29 is 15.0 Å². The third kappa shape index (κ3) is 37.6. The van der Waals surface area contributed by atoms with Crippen LogP contribution in [0.25, 0.3) is 0 Å². The first-order valence-electron chi connectivity index (χ1n) is 21.9. The highest BCUT2D eigenvalue weighted by Crippen LogP contribution is 2.15. The van der Waals surface area contributed by atoms with Crippen LogP contribution in [0, 0.1) is 0 Å². The van der Waals surface area contributed by atoms with E-state index in [1.165, 1.54) is 148 Å². The summed E-state index contributed by atoms with van der Waals surface area (Å²) >= 11 is 0. The molecule has 1 amide bonds. The fourth-order valence-corrected chi connectivity index (χ4v) is 6.40. The zero-order chi connectivity index (χ0) is 36.4. The van der Waals surface area contributed by atoms with Gasteiger partial charge in [-0.2, -0.15) is 0 Å². The largest absolute Gasteiger partial charge is 0.394 e. The van der Waals surface area contributed by atoms with E-state index in [0.29, 0.717) is 6.42 Å². The highest BCUT2D eigenvalue weighted by molar-refractivity contribution is 5.76. The number of allylic oxidation sites excluding steroid dienone is 7. The zero-order valence-electron chi connectivity index (χ0n) is 33.4. The molecule has 2 unspecified atom stereocenters. The summed E-state index contributed by atoms with van der Waals surface area (Å²) in [5.41, 5.74) is 0. The minimum Gasteiger partial charge on any atom is -0.394 e. The Labute approximate surface area is 312 Å². The van der Waals surface area contributed by atoms with Gasteiger partial charge in [0.05, 0.1) is 18.8 Å². The number of amides is 1. The summed E-state index contributed by atoms with van der Waals surface area (Å²) in [6.45, 7) is 4.27. The highest BCUT2D eigenvalue weighted by Gasteiger charge is 2.17. The summed E-state index contributed by atoms with van der Waals surface area (Å²) in [4.78, 5) is 12.3. The van der Waals surface area contributed by atoms with Gasteiger partial charge in [0.2, 0.25) is 5.91 Å². The maximum Gasteiger partial charge on any atom is 0.220 e. The first-order valence-corrected chi connectivity index (χ1v) is 21.9. The van der Waals surface area contributed by atoms with Crippen molar-refractivity contribution in [3.05, 3.63) is 48.6 Å². The van der Waals surface area contributed by atoms with Gasteiger partial charge in [-0.15, -0.1) is 0 Å². The number of aliphatic hydroxyl groups is 2. The number of aliphatic hydroxyl groups excluding tert-OH is 2. The fraction of sp³-hybridized carbons (Fsp3) is 0.804. The van der Waals surface area contributed by atoms with E-state index in [1.54, 1.807) is 6.08 Å². The van der Waals surface area contributed by atoms with Crippen molar-refractivity contribution in [2.75, 3.05) is 6.61 Å². The molecule has 0 saturated carbocycles. The van der Waals surface area contributed by atoms with Crippen LogP contribution in [0.5, 0.6) is 0 Å². The minimum atomic E-state index is -0.868. The lowest BCUT2D eigenvalue weighted by molar-refractivity contribution is -0.123. The van der Waals surface area contributed by atoms with E-state index in [1.807, 2.05) is 6.08 Å². The molecule has 0 heterocycles. The molecule has 0 spiro atoms. The summed E-state index contributed by atoms with van der Waals surface area (Å²) < 4.78 is 0. The van der Waals surface area contributed by atoms with Gasteiger partial charge in [0, 0.05) is 6.42 Å². The van der Waals surface area contributed by atoms with Gasteiger partial charge in [0.1, 0.15) is 0 Å². The van der Waals surface area contributed by atoms with E-state index in [-0.39, 0.29) is 12.5 Å². The number of hydrogen-bond acceptors (Lipinski definition) is 3. The van der Waals surface area contributed by atoms with Crippen molar-refractivity contribution in [3.63, 3.8) is 0 Å². The summed E-state index contributed by atoms with van der Waals surface area (Å²) in [5, 5.41) is 23.0. The molecule has 50 heavy (non-hydrogen) atoms. The molecular formula is C46H85NO3. The summed E-state index contributed by atoms with van der Waals surface area (Å²) in [6.07, 6.45) is 56.5. The Morgan fingerprint density at radius 3 is 1.32 bits per heavy atom. The SMILES string of the molecule is CCCCC/C=C\C/C=C\CCCCCCCC(=O)NC(CO)C(O)/C=C/CC/C=C/CCCCCCCCCCCCCCCCCCC. The van der Waals surface area contributed by atoms with E-state index in [9.17, 15) is 15.0 Å². The first kappa shape index (κ1) is 48.3. The Balaban J connectivity index is 3.62. The molecule has 0 radical (unpaired) electrons. The van der Waals surface area contributed by atoms with Crippen molar-refractivity contribution in [2.45, 2.75) is 231 Å². The number of rotatable bonds is 39. The standard InChI is InChI=1S/C46H85NO3/c1-3-5-7-9-11-13-15-17-19-20-21-22-23-24-25-26-28-29-31-33-35-37-39-41-45(49)44(43-48)47-46(50)42-40-38-36-34-32-30-27-18-16-14-12-10-8-6-4-2/h12,14,18,27,31,33,39,41,44-45,48-49H,3-11,13,15-17,19-26,28-30,32,34-38,40,42-43H2,1-2H3,(H,47,50)/b14-12-,27-18-,33-31+,41-39+. The Morgan fingerprint density at radius 2 is 0.840 bits per heavy atom. The smallest absolute Gasteiger partial charge is 0.220 e. The Hall–Kier alpha value is -1.65. The molecule has 4 nitrogen and oxygen atoms in total. The third-order valence-electron chi connectivity index (χ3n) is 9.78. The van der Waals surface area contributed by atoms with Crippen LogP contribution in [0.4, 0.5) is 0 Å². The number of hydrogen-bond donors (Lipinski definition) is 3. The van der Waals surface area contributed by atoms with E-state index < -0.39 is 12.1 Å². The molecule has 0 saturated heterocycles. The molecule has 4 heteroatoms. The van der Waals surface area contributed by atoms with E-state index in [2.05, 4.69) is 55.6 Å². The van der Waals surface area contributed by atoms with Crippen LogP contribution in [-0.4, -0.2) is 34.9 Å². The second-order valence-corrected chi connectivity index (χ2v) is 14.8. The number of carbonyl (C=O) groups excluding carboxylic acids is 1. The number of nitrogens with one attached hydrogen (secondary N) is 1. The minimum absolute atomic E-state index is 0.0885. The van der Waals surface area contributed by atoms with Gasteiger partial charge in [-0.3, -0.25) is 4.79 Å². The van der Waals surface area contributed by atoms with Crippen LogP contribution in [0.2, 0.25) is 0 Å². The lowest BCUT2D eigenvalue weighted by Gasteiger charge is -2.19. The zero-order valence-corrected chi connectivity index (χ0v) is 33.4. The monoisotopic (exact) mass is 700 g/mol.